The summed E-state index contributed by atoms with van der Waals surface area (Å²) in [6.07, 6.45) is 2.69. The number of ether oxygens (including phenoxy) is 1. The Morgan fingerprint density at radius 3 is 2.58 bits per heavy atom. The van der Waals surface area contributed by atoms with Gasteiger partial charge in [0.15, 0.2) is 0 Å². The van der Waals surface area contributed by atoms with Gasteiger partial charge >= 0.3 is 0 Å². The first-order valence-corrected chi connectivity index (χ1v) is 11.6. The molecule has 2 fully saturated rings. The number of hydrogen-bond acceptors (Lipinski definition) is 5. The minimum Gasteiger partial charge on any atom is -0.493 e. The van der Waals surface area contributed by atoms with Crippen molar-refractivity contribution in [2.75, 3.05) is 19.7 Å². The second-order valence-electron chi connectivity index (χ2n) is 10.1. The van der Waals surface area contributed by atoms with Gasteiger partial charge in [-0.05, 0) is 25.3 Å². The molecule has 0 bridgehead atoms. The van der Waals surface area contributed by atoms with Crippen molar-refractivity contribution in [3.8, 4) is 5.75 Å². The maximum atomic E-state index is 13.3. The van der Waals surface area contributed by atoms with Crippen molar-refractivity contribution in [1.29, 1.82) is 0 Å². The second kappa shape index (κ2) is 9.89. The first-order chi connectivity index (χ1) is 15.2. The fourth-order valence-corrected chi connectivity index (χ4v) is 5.08. The molecule has 0 radical (unpaired) electrons. The van der Waals surface area contributed by atoms with E-state index in [1.165, 1.54) is 0 Å². The van der Waals surface area contributed by atoms with Gasteiger partial charge in [-0.1, -0.05) is 39.0 Å². The molecule has 1 aromatic carbocycles. The molecular weight excluding hydrogens is 444 g/mol. The molecule has 0 aliphatic carbocycles. The summed E-state index contributed by atoms with van der Waals surface area (Å²) in [6, 6.07) is 6.15. The molecule has 8 nitrogen and oxygen atoms in total. The number of benzene rings is 1. The zero-order valence-electron chi connectivity index (χ0n) is 19.6. The number of halogens is 1. The first kappa shape index (κ1) is 25.3. The standard InChI is InChI=1S/C24H34N4O4.ClH/c1-24(2,3)23(31)27-12-10-15-8-9-19(28(15)22(30)17(25)14-27)21(29)26-18-11-13-32-20-7-5-4-6-16(18)20;/h4-7,15,17-19H,8-14,25H2,1-3H3,(H,26,29);1H/t15-,17+,18-,19+;/m1./s1. The normalized spacial score (nSPS) is 27.3. The summed E-state index contributed by atoms with van der Waals surface area (Å²) in [5.74, 6) is 0.408. The number of nitrogens with zero attached hydrogens (tertiary/aromatic N) is 2. The van der Waals surface area contributed by atoms with Crippen molar-refractivity contribution in [2.24, 2.45) is 11.1 Å². The van der Waals surface area contributed by atoms with Gasteiger partial charge in [-0.15, -0.1) is 12.4 Å². The summed E-state index contributed by atoms with van der Waals surface area (Å²) in [6.45, 7) is 6.88. The van der Waals surface area contributed by atoms with Crippen LogP contribution in [0.15, 0.2) is 24.3 Å². The number of carbonyl (C=O) groups is 3. The molecule has 0 aromatic heterocycles. The number of carbonyl (C=O) groups excluding carboxylic acids is 3. The van der Waals surface area contributed by atoms with Crippen molar-refractivity contribution in [3.63, 3.8) is 0 Å². The van der Waals surface area contributed by atoms with Crippen LogP contribution in [0, 0.1) is 5.41 Å². The van der Waals surface area contributed by atoms with Gasteiger partial charge in [0.05, 0.1) is 12.6 Å². The lowest BCUT2D eigenvalue weighted by molar-refractivity contribution is -0.147. The van der Waals surface area contributed by atoms with Gasteiger partial charge in [0, 0.05) is 36.5 Å². The fraction of sp³-hybridized carbons (Fsp3) is 0.625. The number of rotatable bonds is 2. The van der Waals surface area contributed by atoms with E-state index in [4.69, 9.17) is 10.5 Å². The van der Waals surface area contributed by atoms with E-state index in [0.717, 1.165) is 17.7 Å². The molecule has 182 valence electrons. The highest BCUT2D eigenvalue weighted by molar-refractivity contribution is 5.91. The van der Waals surface area contributed by atoms with E-state index in [-0.39, 0.29) is 48.8 Å². The van der Waals surface area contributed by atoms with Crippen LogP contribution in [0.1, 0.15) is 58.1 Å². The molecule has 1 aromatic rings. The lowest BCUT2D eigenvalue weighted by Gasteiger charge is -2.39. The Morgan fingerprint density at radius 2 is 1.85 bits per heavy atom. The molecular formula is C24H35ClN4O4. The summed E-state index contributed by atoms with van der Waals surface area (Å²) in [7, 11) is 0. The number of hydrogen-bond donors (Lipinski definition) is 2. The van der Waals surface area contributed by atoms with Crippen molar-refractivity contribution in [1.82, 2.24) is 15.1 Å². The van der Waals surface area contributed by atoms with Gasteiger partial charge in [-0.25, -0.2) is 0 Å². The maximum Gasteiger partial charge on any atom is 0.243 e. The van der Waals surface area contributed by atoms with Crippen LogP contribution in [0.3, 0.4) is 0 Å². The van der Waals surface area contributed by atoms with Crippen LogP contribution >= 0.6 is 12.4 Å². The highest BCUT2D eigenvalue weighted by Crippen LogP contribution is 2.34. The molecule has 0 spiro atoms. The SMILES string of the molecule is CC(C)(C)C(=O)N1CC[C@H]2CC[C@@H](C(=O)N[C@@H]3CCOc4ccccc43)N2C(=O)[C@@H](N)C1.Cl. The molecule has 3 heterocycles. The Hall–Kier alpha value is -2.32. The second-order valence-corrected chi connectivity index (χ2v) is 10.1. The van der Waals surface area contributed by atoms with Crippen molar-refractivity contribution in [3.05, 3.63) is 29.8 Å². The maximum absolute atomic E-state index is 13.3. The molecule has 4 atom stereocenters. The zero-order chi connectivity index (χ0) is 23.0. The molecule has 0 saturated carbocycles. The van der Waals surface area contributed by atoms with E-state index in [1.54, 1.807) is 9.80 Å². The molecule has 4 rings (SSSR count). The third-order valence-corrected chi connectivity index (χ3v) is 6.73. The average Bonchev–Trinajstić information content (AvgIpc) is 3.17. The Morgan fingerprint density at radius 1 is 1.12 bits per heavy atom. The average molecular weight is 479 g/mol. The molecule has 9 heteroatoms. The van der Waals surface area contributed by atoms with Gasteiger partial charge in [0.25, 0.3) is 0 Å². The van der Waals surface area contributed by atoms with Crippen molar-refractivity contribution < 1.29 is 19.1 Å². The number of para-hydroxylation sites is 1. The molecule has 2 saturated heterocycles. The molecule has 33 heavy (non-hydrogen) atoms. The number of amides is 3. The van der Waals surface area contributed by atoms with Gasteiger partial charge < -0.3 is 25.6 Å². The van der Waals surface area contributed by atoms with Crippen LogP contribution in [0.25, 0.3) is 0 Å². The van der Waals surface area contributed by atoms with Crippen LogP contribution in [0.4, 0.5) is 0 Å². The van der Waals surface area contributed by atoms with Gasteiger partial charge in [-0.2, -0.15) is 0 Å². The zero-order valence-corrected chi connectivity index (χ0v) is 20.4. The molecule has 3 N–H and O–H groups in total. The van der Waals surface area contributed by atoms with E-state index < -0.39 is 17.5 Å². The van der Waals surface area contributed by atoms with Crippen LogP contribution in [-0.4, -0.2) is 65.3 Å². The van der Waals surface area contributed by atoms with Gasteiger partial charge in [0.2, 0.25) is 17.7 Å². The van der Waals surface area contributed by atoms with E-state index in [9.17, 15) is 14.4 Å². The number of fused-ring (bicyclic) bond motifs is 2. The lowest BCUT2D eigenvalue weighted by atomic mass is 9.93. The first-order valence-electron chi connectivity index (χ1n) is 11.6. The Kier molecular flexibility index (Phi) is 7.59. The molecule has 3 aliphatic heterocycles. The molecule has 3 amide bonds. The third kappa shape index (κ3) is 5.11. The van der Waals surface area contributed by atoms with E-state index in [2.05, 4.69) is 5.32 Å². The van der Waals surface area contributed by atoms with Gasteiger partial charge in [0.1, 0.15) is 17.8 Å². The highest BCUT2D eigenvalue weighted by atomic mass is 35.5. The summed E-state index contributed by atoms with van der Waals surface area (Å²) < 4.78 is 5.70. The number of nitrogens with one attached hydrogen (secondary N) is 1. The summed E-state index contributed by atoms with van der Waals surface area (Å²) in [5, 5.41) is 3.15. The predicted octanol–water partition coefficient (Wildman–Crippen LogP) is 2.01. The van der Waals surface area contributed by atoms with Crippen LogP contribution in [-0.2, 0) is 14.4 Å². The van der Waals surface area contributed by atoms with E-state index in [0.29, 0.717) is 32.4 Å². The summed E-state index contributed by atoms with van der Waals surface area (Å²) >= 11 is 0. The summed E-state index contributed by atoms with van der Waals surface area (Å²) in [4.78, 5) is 42.8. The third-order valence-electron chi connectivity index (χ3n) is 6.73. The minimum absolute atomic E-state index is 0. The van der Waals surface area contributed by atoms with E-state index >= 15 is 0 Å². The van der Waals surface area contributed by atoms with Crippen LogP contribution < -0.4 is 15.8 Å². The van der Waals surface area contributed by atoms with Crippen LogP contribution in [0.5, 0.6) is 5.75 Å². The lowest BCUT2D eigenvalue weighted by Crippen LogP contribution is -2.60. The largest absolute Gasteiger partial charge is 0.493 e. The van der Waals surface area contributed by atoms with Crippen molar-refractivity contribution >= 4 is 30.1 Å². The van der Waals surface area contributed by atoms with Crippen LogP contribution in [0.2, 0.25) is 0 Å². The quantitative estimate of drug-likeness (QED) is 0.676. The highest BCUT2D eigenvalue weighted by Gasteiger charge is 2.45. The fourth-order valence-electron chi connectivity index (χ4n) is 5.08. The Bertz CT molecular complexity index is 903. The monoisotopic (exact) mass is 478 g/mol. The molecule has 3 aliphatic rings. The topological polar surface area (TPSA) is 105 Å². The molecule has 0 unspecified atom stereocenters. The van der Waals surface area contributed by atoms with Crippen molar-refractivity contribution in [2.45, 2.75) is 70.6 Å². The Labute approximate surface area is 201 Å². The smallest absolute Gasteiger partial charge is 0.243 e. The van der Waals surface area contributed by atoms with Gasteiger partial charge in [-0.3, -0.25) is 14.4 Å². The summed E-state index contributed by atoms with van der Waals surface area (Å²) in [5.41, 5.74) is 6.69. The number of nitrogens with two attached hydrogens (primary N) is 1. The Balaban J connectivity index is 0.00000306. The predicted molar refractivity (Wildman–Crippen MR) is 127 cm³/mol. The van der Waals surface area contributed by atoms with E-state index in [1.807, 2.05) is 45.0 Å². The minimum atomic E-state index is -0.832.